The van der Waals surface area contributed by atoms with E-state index in [4.69, 9.17) is 23.2 Å². The van der Waals surface area contributed by atoms with Crippen LogP contribution in [-0.2, 0) is 11.3 Å². The molecule has 1 aromatic heterocycles. The van der Waals surface area contributed by atoms with E-state index < -0.39 is 0 Å². The highest BCUT2D eigenvalue weighted by Gasteiger charge is 2.21. The van der Waals surface area contributed by atoms with Gasteiger partial charge in [-0.3, -0.25) is 9.59 Å². The van der Waals surface area contributed by atoms with Crippen LogP contribution in [0.5, 0.6) is 0 Å². The smallest absolute Gasteiger partial charge is 0.273 e. The Hall–Kier alpha value is -2.61. The number of nitrogens with zero attached hydrogens (tertiary/aromatic N) is 2. The molecule has 3 aromatic rings. The maximum absolute atomic E-state index is 13.3. The van der Waals surface area contributed by atoms with Crippen LogP contribution in [0, 0.1) is 0 Å². The van der Waals surface area contributed by atoms with Gasteiger partial charge in [-0.05, 0) is 31.0 Å². The number of hydrogen-bond donors (Lipinski definition) is 2. The summed E-state index contributed by atoms with van der Waals surface area (Å²) in [5, 5.41) is 9.09. The molecule has 0 saturated carbocycles. The second-order valence-electron chi connectivity index (χ2n) is 7.60. The fourth-order valence-corrected chi connectivity index (χ4v) is 4.09. The number of halogens is 2. The molecular weight excluding hydrogens is 479 g/mol. The number of rotatable bonds is 10. The highest BCUT2D eigenvalue weighted by atomic mass is 35.5. The Kier molecular flexibility index (Phi) is 9.11. The van der Waals surface area contributed by atoms with Crippen molar-refractivity contribution in [3.8, 4) is 0 Å². The van der Waals surface area contributed by atoms with Crippen molar-refractivity contribution >= 4 is 57.2 Å². The molecule has 0 bridgehead atoms. The number of amides is 2. The second kappa shape index (κ2) is 12.0. The predicted molar refractivity (Wildman–Crippen MR) is 136 cm³/mol. The third-order valence-corrected chi connectivity index (χ3v) is 6.63. The summed E-state index contributed by atoms with van der Waals surface area (Å²) in [7, 11) is 0. The lowest BCUT2D eigenvalue weighted by Crippen LogP contribution is -2.37. The zero-order valence-electron chi connectivity index (χ0n) is 18.5. The summed E-state index contributed by atoms with van der Waals surface area (Å²) in [6.45, 7) is 4.65. The van der Waals surface area contributed by atoms with Gasteiger partial charge in [0.2, 0.25) is 5.91 Å². The first-order valence-electron chi connectivity index (χ1n) is 10.7. The minimum absolute atomic E-state index is 0.0774. The van der Waals surface area contributed by atoms with Crippen LogP contribution in [0.1, 0.15) is 42.7 Å². The summed E-state index contributed by atoms with van der Waals surface area (Å²) in [6.07, 6.45) is 1.07. The SMILES string of the molecule is CCC(C)NC(=O)CCN(Cc1ccccc1)C(=O)c1csc(Nc2cccc(Cl)c2Cl)n1. The van der Waals surface area contributed by atoms with E-state index in [0.29, 0.717) is 33.1 Å². The van der Waals surface area contributed by atoms with Crippen molar-refractivity contribution < 1.29 is 9.59 Å². The molecule has 0 saturated heterocycles. The fraction of sp³-hybridized carbons (Fsp3) is 0.292. The van der Waals surface area contributed by atoms with Crippen molar-refractivity contribution in [2.75, 3.05) is 11.9 Å². The maximum Gasteiger partial charge on any atom is 0.273 e. The molecule has 0 aliphatic heterocycles. The highest BCUT2D eigenvalue weighted by Crippen LogP contribution is 2.32. The molecule has 3 rings (SSSR count). The van der Waals surface area contributed by atoms with Crippen LogP contribution in [-0.4, -0.2) is 34.3 Å². The van der Waals surface area contributed by atoms with Gasteiger partial charge in [-0.1, -0.05) is 66.5 Å². The molecule has 0 spiro atoms. The number of thiazole rings is 1. The minimum Gasteiger partial charge on any atom is -0.354 e. The van der Waals surface area contributed by atoms with Gasteiger partial charge in [-0.25, -0.2) is 4.98 Å². The molecule has 9 heteroatoms. The number of anilines is 2. The van der Waals surface area contributed by atoms with Gasteiger partial charge < -0.3 is 15.5 Å². The summed E-state index contributed by atoms with van der Waals surface area (Å²) >= 11 is 13.6. The number of hydrogen-bond acceptors (Lipinski definition) is 5. The van der Waals surface area contributed by atoms with Crippen LogP contribution in [0.3, 0.4) is 0 Å². The van der Waals surface area contributed by atoms with E-state index in [0.717, 1.165) is 12.0 Å². The zero-order valence-corrected chi connectivity index (χ0v) is 20.8. The molecule has 0 radical (unpaired) electrons. The van der Waals surface area contributed by atoms with Crippen molar-refractivity contribution in [3.05, 3.63) is 75.2 Å². The average Bonchev–Trinajstić information content (AvgIpc) is 3.28. The Bertz CT molecular complexity index is 1090. The van der Waals surface area contributed by atoms with Crippen LogP contribution < -0.4 is 10.6 Å². The summed E-state index contributed by atoms with van der Waals surface area (Å²) in [4.78, 5) is 31.7. The lowest BCUT2D eigenvalue weighted by Gasteiger charge is -2.22. The van der Waals surface area contributed by atoms with E-state index in [1.54, 1.807) is 28.5 Å². The first-order chi connectivity index (χ1) is 15.9. The Morgan fingerprint density at radius 1 is 1.12 bits per heavy atom. The number of aromatic nitrogens is 1. The van der Waals surface area contributed by atoms with Gasteiger partial charge >= 0.3 is 0 Å². The maximum atomic E-state index is 13.3. The van der Waals surface area contributed by atoms with Crippen molar-refractivity contribution in [1.29, 1.82) is 0 Å². The van der Waals surface area contributed by atoms with E-state index in [-0.39, 0.29) is 30.8 Å². The van der Waals surface area contributed by atoms with Crippen LogP contribution >= 0.6 is 34.5 Å². The first-order valence-corrected chi connectivity index (χ1v) is 12.3. The number of nitrogens with one attached hydrogen (secondary N) is 2. The molecule has 174 valence electrons. The predicted octanol–water partition coefficient (Wildman–Crippen LogP) is 6.14. The van der Waals surface area contributed by atoms with Crippen LogP contribution in [0.15, 0.2) is 53.9 Å². The van der Waals surface area contributed by atoms with Crippen molar-refractivity contribution in [2.24, 2.45) is 0 Å². The molecule has 1 heterocycles. The second-order valence-corrected chi connectivity index (χ2v) is 9.25. The third kappa shape index (κ3) is 7.19. The van der Waals surface area contributed by atoms with Gasteiger partial charge in [-0.15, -0.1) is 11.3 Å². The van der Waals surface area contributed by atoms with Gasteiger partial charge in [-0.2, -0.15) is 0 Å². The fourth-order valence-electron chi connectivity index (χ4n) is 3.05. The molecule has 0 fully saturated rings. The van der Waals surface area contributed by atoms with Crippen molar-refractivity contribution in [1.82, 2.24) is 15.2 Å². The van der Waals surface area contributed by atoms with Gasteiger partial charge in [0.25, 0.3) is 5.91 Å². The normalized spacial score (nSPS) is 11.6. The van der Waals surface area contributed by atoms with Gasteiger partial charge in [0.1, 0.15) is 5.69 Å². The molecule has 33 heavy (non-hydrogen) atoms. The van der Waals surface area contributed by atoms with E-state index in [9.17, 15) is 9.59 Å². The monoisotopic (exact) mass is 504 g/mol. The number of benzene rings is 2. The molecule has 0 aliphatic carbocycles. The molecule has 2 N–H and O–H groups in total. The quantitative estimate of drug-likeness (QED) is 0.347. The average molecular weight is 505 g/mol. The lowest BCUT2D eigenvalue weighted by atomic mass is 10.2. The van der Waals surface area contributed by atoms with Crippen LogP contribution in [0.2, 0.25) is 10.0 Å². The third-order valence-electron chi connectivity index (χ3n) is 5.05. The van der Waals surface area contributed by atoms with Crippen LogP contribution in [0.25, 0.3) is 0 Å². The molecule has 0 aliphatic rings. The first kappa shape index (κ1) is 25.0. The largest absolute Gasteiger partial charge is 0.354 e. The molecule has 6 nitrogen and oxygen atoms in total. The van der Waals surface area contributed by atoms with Gasteiger partial charge in [0.15, 0.2) is 5.13 Å². The van der Waals surface area contributed by atoms with E-state index in [1.165, 1.54) is 11.3 Å². The molecular formula is C24H26Cl2N4O2S. The topological polar surface area (TPSA) is 74.3 Å². The molecule has 1 atom stereocenters. The molecule has 1 unspecified atom stereocenters. The molecule has 2 amide bonds. The zero-order chi connectivity index (χ0) is 23.8. The number of carbonyl (C=O) groups is 2. The van der Waals surface area contributed by atoms with E-state index in [2.05, 4.69) is 15.6 Å². The van der Waals surface area contributed by atoms with E-state index in [1.807, 2.05) is 44.2 Å². The summed E-state index contributed by atoms with van der Waals surface area (Å²) in [6, 6.07) is 15.0. The Balaban J connectivity index is 1.73. The number of carbonyl (C=O) groups excluding carboxylic acids is 2. The summed E-state index contributed by atoms with van der Waals surface area (Å²) < 4.78 is 0. The van der Waals surface area contributed by atoms with Crippen LogP contribution in [0.4, 0.5) is 10.8 Å². The van der Waals surface area contributed by atoms with Crippen molar-refractivity contribution in [3.63, 3.8) is 0 Å². The standard InChI is InChI=1S/C24H26Cl2N4O2S/c1-3-16(2)27-21(31)12-13-30(14-17-8-5-4-6-9-17)23(32)20-15-33-24(29-20)28-19-11-7-10-18(25)22(19)26/h4-11,15-16H,3,12-14H2,1-2H3,(H,27,31)(H,28,29). The highest BCUT2D eigenvalue weighted by molar-refractivity contribution is 7.14. The van der Waals surface area contributed by atoms with Crippen molar-refractivity contribution in [2.45, 2.75) is 39.3 Å². The minimum atomic E-state index is -0.239. The lowest BCUT2D eigenvalue weighted by molar-refractivity contribution is -0.121. The Labute approximate surface area is 207 Å². The molecule has 2 aromatic carbocycles. The van der Waals surface area contributed by atoms with Gasteiger partial charge in [0, 0.05) is 30.9 Å². The van der Waals surface area contributed by atoms with E-state index >= 15 is 0 Å². The summed E-state index contributed by atoms with van der Waals surface area (Å²) in [5.74, 6) is -0.317. The Morgan fingerprint density at radius 3 is 2.61 bits per heavy atom. The summed E-state index contributed by atoms with van der Waals surface area (Å²) in [5.41, 5.74) is 1.90. The van der Waals surface area contributed by atoms with Gasteiger partial charge in [0.05, 0.1) is 15.7 Å². The Morgan fingerprint density at radius 2 is 1.88 bits per heavy atom.